The van der Waals surface area contributed by atoms with Crippen molar-refractivity contribution in [2.75, 3.05) is 0 Å². The first-order chi connectivity index (χ1) is 29.4. The standard InChI is InChI=1S/C56H45N5/c1-55(2,3)43-25-27-51-47(31-43)48-32-44(56(4,5)6)26-28-52(48)61(51)53-45(38-21-17-36(34-57)18-22-38)29-42(30-46(53)39-23-19-37(35-58)20-24-39)50-33-49(40-13-9-7-10-14-40)59-54(60-50)41-15-11-8-12-16-41/h7-33H,1-6H3. The van der Waals surface area contributed by atoms with Gasteiger partial charge in [0.05, 0.1) is 51.4 Å². The highest BCUT2D eigenvalue weighted by Gasteiger charge is 2.25. The van der Waals surface area contributed by atoms with Gasteiger partial charge in [-0.05, 0) is 99.8 Å². The second kappa shape index (κ2) is 15.2. The molecule has 0 N–H and O–H groups in total. The van der Waals surface area contributed by atoms with Crippen molar-refractivity contribution in [1.82, 2.24) is 14.5 Å². The number of rotatable bonds is 6. The first kappa shape index (κ1) is 38.9. The van der Waals surface area contributed by atoms with Crippen molar-refractivity contribution in [1.29, 1.82) is 10.5 Å². The van der Waals surface area contributed by atoms with Crippen molar-refractivity contribution in [3.05, 3.63) is 186 Å². The molecule has 0 aliphatic rings. The van der Waals surface area contributed by atoms with Crippen LogP contribution in [-0.4, -0.2) is 14.5 Å². The number of hydrogen-bond donors (Lipinski definition) is 0. The van der Waals surface area contributed by atoms with Crippen molar-refractivity contribution >= 4 is 21.8 Å². The van der Waals surface area contributed by atoms with E-state index in [1.165, 1.54) is 21.9 Å². The third-order valence-electron chi connectivity index (χ3n) is 11.6. The summed E-state index contributed by atoms with van der Waals surface area (Å²) in [7, 11) is 0. The van der Waals surface area contributed by atoms with E-state index in [0.717, 1.165) is 67.1 Å². The van der Waals surface area contributed by atoms with E-state index in [2.05, 4.69) is 125 Å². The van der Waals surface area contributed by atoms with E-state index in [4.69, 9.17) is 9.97 Å². The van der Waals surface area contributed by atoms with Gasteiger partial charge >= 0.3 is 0 Å². The summed E-state index contributed by atoms with van der Waals surface area (Å²) in [6.07, 6.45) is 0. The molecule has 0 atom stereocenters. The molecule has 7 aromatic carbocycles. The average Bonchev–Trinajstić information content (AvgIpc) is 3.61. The van der Waals surface area contributed by atoms with Crippen LogP contribution in [-0.2, 0) is 10.8 Å². The van der Waals surface area contributed by atoms with E-state index in [0.29, 0.717) is 17.0 Å². The Morgan fingerprint density at radius 3 is 1.28 bits per heavy atom. The summed E-state index contributed by atoms with van der Waals surface area (Å²) in [5, 5.41) is 22.1. The zero-order valence-electron chi connectivity index (χ0n) is 35.3. The van der Waals surface area contributed by atoms with Gasteiger partial charge < -0.3 is 4.57 Å². The molecule has 9 aromatic rings. The number of hydrogen-bond acceptors (Lipinski definition) is 4. The Morgan fingerprint density at radius 1 is 0.426 bits per heavy atom. The molecule has 61 heavy (non-hydrogen) atoms. The van der Waals surface area contributed by atoms with E-state index < -0.39 is 0 Å². The first-order valence-electron chi connectivity index (χ1n) is 20.7. The van der Waals surface area contributed by atoms with Crippen LogP contribution >= 0.6 is 0 Å². The lowest BCUT2D eigenvalue weighted by Crippen LogP contribution is -2.10. The van der Waals surface area contributed by atoms with Gasteiger partial charge in [0.25, 0.3) is 0 Å². The Balaban J connectivity index is 1.43. The minimum atomic E-state index is -0.0536. The largest absolute Gasteiger partial charge is 0.308 e. The Hall–Kier alpha value is -7.60. The molecule has 294 valence electrons. The molecule has 0 unspecified atom stereocenters. The zero-order valence-corrected chi connectivity index (χ0v) is 35.3. The lowest BCUT2D eigenvalue weighted by molar-refractivity contribution is 0.590. The van der Waals surface area contributed by atoms with Crippen molar-refractivity contribution in [2.45, 2.75) is 52.4 Å². The van der Waals surface area contributed by atoms with E-state index in [9.17, 15) is 10.5 Å². The number of nitrogens with zero attached hydrogens (tertiary/aromatic N) is 5. The molecule has 0 spiro atoms. The van der Waals surface area contributed by atoms with E-state index in [1.807, 2.05) is 97.1 Å². The van der Waals surface area contributed by atoms with Gasteiger partial charge in [0.15, 0.2) is 5.82 Å². The van der Waals surface area contributed by atoms with Crippen LogP contribution in [0.3, 0.4) is 0 Å². The molecule has 5 heteroatoms. The predicted molar refractivity (Wildman–Crippen MR) is 250 cm³/mol. The smallest absolute Gasteiger partial charge is 0.160 e. The highest BCUT2D eigenvalue weighted by atomic mass is 15.0. The van der Waals surface area contributed by atoms with Gasteiger partial charge in [-0.25, -0.2) is 9.97 Å². The van der Waals surface area contributed by atoms with Gasteiger partial charge in [-0.2, -0.15) is 10.5 Å². The zero-order chi connectivity index (χ0) is 42.5. The SMILES string of the molecule is CC(C)(C)c1ccc2c(c1)c1cc(C(C)(C)C)ccc1n2-c1c(-c2ccc(C#N)cc2)cc(-c2cc(-c3ccccc3)nc(-c3ccccc3)n2)cc1-c1ccc(C#N)cc1. The number of aromatic nitrogens is 3. The highest BCUT2D eigenvalue weighted by Crippen LogP contribution is 2.45. The fourth-order valence-electron chi connectivity index (χ4n) is 8.18. The van der Waals surface area contributed by atoms with Crippen molar-refractivity contribution in [3.8, 4) is 74.0 Å². The number of fused-ring (bicyclic) bond motifs is 3. The van der Waals surface area contributed by atoms with Gasteiger partial charge in [0, 0.05) is 38.6 Å². The molecule has 5 nitrogen and oxygen atoms in total. The molecule has 0 amide bonds. The van der Waals surface area contributed by atoms with Crippen LogP contribution in [0.5, 0.6) is 0 Å². The Morgan fingerprint density at radius 2 is 0.852 bits per heavy atom. The molecule has 0 fully saturated rings. The van der Waals surface area contributed by atoms with Gasteiger partial charge in [-0.3, -0.25) is 0 Å². The maximum Gasteiger partial charge on any atom is 0.160 e. The maximum absolute atomic E-state index is 9.88. The summed E-state index contributed by atoms with van der Waals surface area (Å²) in [6, 6.07) is 61.0. The quantitative estimate of drug-likeness (QED) is 0.168. The Bertz CT molecular complexity index is 2980. The van der Waals surface area contributed by atoms with Crippen LogP contribution in [0.1, 0.15) is 63.8 Å². The lowest BCUT2D eigenvalue weighted by atomic mass is 9.85. The Kier molecular flexibility index (Phi) is 9.70. The van der Waals surface area contributed by atoms with Crippen LogP contribution in [0.15, 0.2) is 164 Å². The monoisotopic (exact) mass is 787 g/mol. The lowest BCUT2D eigenvalue weighted by Gasteiger charge is -2.22. The minimum Gasteiger partial charge on any atom is -0.308 e. The van der Waals surface area contributed by atoms with Crippen molar-refractivity contribution < 1.29 is 0 Å². The molecule has 0 aliphatic heterocycles. The third-order valence-corrected chi connectivity index (χ3v) is 11.6. The highest BCUT2D eigenvalue weighted by molar-refractivity contribution is 6.11. The van der Waals surface area contributed by atoms with Crippen molar-refractivity contribution in [2.24, 2.45) is 0 Å². The van der Waals surface area contributed by atoms with Gasteiger partial charge in [0.1, 0.15) is 0 Å². The van der Waals surface area contributed by atoms with Gasteiger partial charge in [-0.1, -0.05) is 139 Å². The summed E-state index contributed by atoms with van der Waals surface area (Å²) in [6.45, 7) is 13.6. The van der Waals surface area contributed by atoms with Crippen LogP contribution in [0.4, 0.5) is 0 Å². The summed E-state index contributed by atoms with van der Waals surface area (Å²) < 4.78 is 2.42. The normalized spacial score (nSPS) is 11.7. The van der Waals surface area contributed by atoms with Crippen LogP contribution in [0.2, 0.25) is 0 Å². The molecule has 9 rings (SSSR count). The fourth-order valence-corrected chi connectivity index (χ4v) is 8.18. The molecule has 2 aromatic heterocycles. The van der Waals surface area contributed by atoms with Crippen molar-refractivity contribution in [3.63, 3.8) is 0 Å². The predicted octanol–water partition coefficient (Wildman–Crippen LogP) is 14.2. The molecule has 0 aliphatic carbocycles. The van der Waals surface area contributed by atoms with Gasteiger partial charge in [0.2, 0.25) is 0 Å². The number of benzene rings is 7. The van der Waals surface area contributed by atoms with Crippen LogP contribution < -0.4 is 0 Å². The summed E-state index contributed by atoms with van der Waals surface area (Å²) in [5.74, 6) is 0.632. The van der Waals surface area contributed by atoms with E-state index in [-0.39, 0.29) is 10.8 Å². The first-order valence-corrected chi connectivity index (χ1v) is 20.7. The average molecular weight is 788 g/mol. The van der Waals surface area contributed by atoms with E-state index >= 15 is 0 Å². The van der Waals surface area contributed by atoms with Gasteiger partial charge in [-0.15, -0.1) is 0 Å². The molecule has 2 heterocycles. The third kappa shape index (κ3) is 7.37. The molecule has 0 bridgehead atoms. The molecular formula is C56H45N5. The second-order valence-electron chi connectivity index (χ2n) is 17.8. The van der Waals surface area contributed by atoms with Crippen LogP contribution in [0, 0.1) is 22.7 Å². The fraction of sp³-hybridized carbons (Fsp3) is 0.143. The minimum absolute atomic E-state index is 0.0536. The summed E-state index contributed by atoms with van der Waals surface area (Å²) in [4.78, 5) is 10.4. The van der Waals surface area contributed by atoms with Crippen LogP contribution in [0.25, 0.3) is 83.6 Å². The summed E-state index contributed by atoms with van der Waals surface area (Å²) in [5.41, 5.74) is 15.1. The van der Waals surface area contributed by atoms with E-state index in [1.54, 1.807) is 0 Å². The molecule has 0 saturated carbocycles. The molecule has 0 saturated heterocycles. The number of nitriles is 2. The maximum atomic E-state index is 9.88. The Labute approximate surface area is 357 Å². The summed E-state index contributed by atoms with van der Waals surface area (Å²) >= 11 is 0. The second-order valence-corrected chi connectivity index (χ2v) is 17.8. The molecule has 0 radical (unpaired) electrons. The topological polar surface area (TPSA) is 78.3 Å². The molecular weight excluding hydrogens is 743 g/mol.